The first-order valence-electron chi connectivity index (χ1n) is 4.88. The van der Waals surface area contributed by atoms with Gasteiger partial charge in [-0.2, -0.15) is 0 Å². The van der Waals surface area contributed by atoms with E-state index in [9.17, 15) is 4.79 Å². The fraction of sp³-hybridized carbons (Fsp3) is 0.600. The van der Waals surface area contributed by atoms with E-state index in [0.717, 1.165) is 30.8 Å². The number of hydrogen-bond acceptors (Lipinski definition) is 3. The highest BCUT2D eigenvalue weighted by Gasteiger charge is 2.01. The lowest BCUT2D eigenvalue weighted by atomic mass is 10.2. The highest BCUT2D eigenvalue weighted by atomic mass is 16.5. The summed E-state index contributed by atoms with van der Waals surface area (Å²) < 4.78 is 4.84. The maximum absolute atomic E-state index is 10.5. The van der Waals surface area contributed by atoms with E-state index in [0.29, 0.717) is 0 Å². The lowest BCUT2D eigenvalue weighted by Crippen LogP contribution is -1.99. The van der Waals surface area contributed by atoms with E-state index in [-0.39, 0.29) is 12.6 Å². The van der Waals surface area contributed by atoms with Crippen LogP contribution in [0.4, 0.5) is 0 Å². The number of nitrogens with zero attached hydrogens (tertiary/aromatic N) is 1. The molecule has 1 N–H and O–H groups in total. The maximum atomic E-state index is 10.5. The van der Waals surface area contributed by atoms with Gasteiger partial charge in [0.2, 0.25) is 0 Å². The van der Waals surface area contributed by atoms with Gasteiger partial charge in [0, 0.05) is 13.3 Å². The Morgan fingerprint density at radius 3 is 3.07 bits per heavy atom. The fourth-order valence-electron chi connectivity index (χ4n) is 1.13. The van der Waals surface area contributed by atoms with Crippen molar-refractivity contribution in [2.24, 2.45) is 0 Å². The van der Waals surface area contributed by atoms with Gasteiger partial charge in [0.05, 0.1) is 11.9 Å². The first kappa shape index (κ1) is 10.8. The van der Waals surface area contributed by atoms with Gasteiger partial charge in [0.1, 0.15) is 12.4 Å². The predicted octanol–water partition coefficient (Wildman–Crippen LogP) is 1.82. The first-order chi connectivity index (χ1) is 6.72. The third-order valence-corrected chi connectivity index (χ3v) is 1.88. The highest BCUT2D eigenvalue weighted by molar-refractivity contribution is 5.65. The van der Waals surface area contributed by atoms with Crippen LogP contribution >= 0.6 is 0 Å². The monoisotopic (exact) mass is 196 g/mol. The molecule has 0 amide bonds. The van der Waals surface area contributed by atoms with Crippen molar-refractivity contribution in [3.63, 3.8) is 0 Å². The summed E-state index contributed by atoms with van der Waals surface area (Å²) in [5.41, 5.74) is 0.853. The SMILES string of the molecule is CCCCc1ncc(COC(C)=O)[nH]1. The highest BCUT2D eigenvalue weighted by Crippen LogP contribution is 2.03. The van der Waals surface area contributed by atoms with Crippen molar-refractivity contribution in [1.29, 1.82) is 0 Å². The van der Waals surface area contributed by atoms with Crippen LogP contribution in [0.2, 0.25) is 0 Å². The zero-order chi connectivity index (χ0) is 10.4. The van der Waals surface area contributed by atoms with Crippen LogP contribution in [0.5, 0.6) is 0 Å². The molecule has 78 valence electrons. The van der Waals surface area contributed by atoms with Crippen LogP contribution in [-0.2, 0) is 22.6 Å². The summed E-state index contributed by atoms with van der Waals surface area (Å²) in [6, 6.07) is 0. The van der Waals surface area contributed by atoms with Crippen LogP contribution in [0.1, 0.15) is 38.2 Å². The normalized spacial score (nSPS) is 10.1. The Hall–Kier alpha value is -1.32. The molecule has 1 aromatic heterocycles. The molecule has 4 nitrogen and oxygen atoms in total. The molecule has 0 aliphatic carbocycles. The molecule has 0 spiro atoms. The van der Waals surface area contributed by atoms with Crippen molar-refractivity contribution in [3.8, 4) is 0 Å². The number of nitrogens with one attached hydrogen (secondary N) is 1. The quantitative estimate of drug-likeness (QED) is 0.731. The molecule has 1 heterocycles. The molecule has 0 bridgehead atoms. The van der Waals surface area contributed by atoms with Crippen molar-refractivity contribution in [3.05, 3.63) is 17.7 Å². The lowest BCUT2D eigenvalue weighted by Gasteiger charge is -1.97. The average Bonchev–Trinajstić information content (AvgIpc) is 2.59. The zero-order valence-electron chi connectivity index (χ0n) is 8.67. The molecule has 0 saturated carbocycles. The topological polar surface area (TPSA) is 55.0 Å². The molecule has 0 aliphatic heterocycles. The van der Waals surface area contributed by atoms with Crippen molar-refractivity contribution < 1.29 is 9.53 Å². The van der Waals surface area contributed by atoms with E-state index < -0.39 is 0 Å². The molecule has 0 aliphatic rings. The number of ether oxygens (including phenoxy) is 1. The third-order valence-electron chi connectivity index (χ3n) is 1.88. The second-order valence-electron chi connectivity index (χ2n) is 3.24. The summed E-state index contributed by atoms with van der Waals surface area (Å²) in [5, 5.41) is 0. The number of aromatic amines is 1. The number of H-pyrrole nitrogens is 1. The van der Waals surface area contributed by atoms with Crippen LogP contribution in [0, 0.1) is 0 Å². The van der Waals surface area contributed by atoms with Gasteiger partial charge in [-0.25, -0.2) is 4.98 Å². The minimum Gasteiger partial charge on any atom is -0.459 e. The Bertz CT molecular complexity index is 294. The van der Waals surface area contributed by atoms with E-state index >= 15 is 0 Å². The Balaban J connectivity index is 2.38. The second-order valence-corrected chi connectivity index (χ2v) is 3.24. The average molecular weight is 196 g/mol. The van der Waals surface area contributed by atoms with E-state index in [1.165, 1.54) is 6.92 Å². The largest absolute Gasteiger partial charge is 0.459 e. The minimum absolute atomic E-state index is 0.269. The van der Waals surface area contributed by atoms with Crippen LogP contribution in [-0.4, -0.2) is 15.9 Å². The molecule has 0 unspecified atom stereocenters. The zero-order valence-corrected chi connectivity index (χ0v) is 8.67. The number of hydrogen-bond donors (Lipinski definition) is 1. The molecule has 1 rings (SSSR count). The van der Waals surface area contributed by atoms with Gasteiger partial charge in [0.25, 0.3) is 0 Å². The molecule has 0 radical (unpaired) electrons. The molecule has 1 aromatic rings. The Morgan fingerprint density at radius 1 is 1.64 bits per heavy atom. The van der Waals surface area contributed by atoms with Gasteiger partial charge in [-0.3, -0.25) is 4.79 Å². The summed E-state index contributed by atoms with van der Waals surface area (Å²) in [5.74, 6) is 0.698. The lowest BCUT2D eigenvalue weighted by molar-refractivity contribution is -0.142. The van der Waals surface area contributed by atoms with Crippen LogP contribution in [0.3, 0.4) is 0 Å². The van der Waals surface area contributed by atoms with E-state index in [1.54, 1.807) is 6.20 Å². The number of imidazole rings is 1. The van der Waals surface area contributed by atoms with Gasteiger partial charge < -0.3 is 9.72 Å². The molecule has 0 fully saturated rings. The van der Waals surface area contributed by atoms with Gasteiger partial charge in [-0.05, 0) is 6.42 Å². The molecule has 14 heavy (non-hydrogen) atoms. The van der Waals surface area contributed by atoms with Gasteiger partial charge in [-0.1, -0.05) is 13.3 Å². The standard InChI is InChI=1S/C10H16N2O2/c1-3-4-5-10-11-6-9(12-10)7-14-8(2)13/h6H,3-5,7H2,1-2H3,(H,11,12). The van der Waals surface area contributed by atoms with E-state index in [4.69, 9.17) is 4.74 Å². The summed E-state index contributed by atoms with van der Waals surface area (Å²) in [6.45, 7) is 3.82. The number of esters is 1. The number of aryl methyl sites for hydroxylation is 1. The minimum atomic E-state index is -0.269. The third kappa shape index (κ3) is 3.60. The Labute approximate surface area is 83.7 Å². The molecule has 0 saturated heterocycles. The Morgan fingerprint density at radius 2 is 2.43 bits per heavy atom. The molecule has 0 atom stereocenters. The van der Waals surface area contributed by atoms with Crippen molar-refractivity contribution >= 4 is 5.97 Å². The number of unbranched alkanes of at least 4 members (excludes halogenated alkanes) is 1. The van der Waals surface area contributed by atoms with Crippen molar-refractivity contribution in [1.82, 2.24) is 9.97 Å². The van der Waals surface area contributed by atoms with Crippen molar-refractivity contribution in [2.45, 2.75) is 39.7 Å². The molecular weight excluding hydrogens is 180 g/mol. The van der Waals surface area contributed by atoms with Crippen molar-refractivity contribution in [2.75, 3.05) is 0 Å². The summed E-state index contributed by atoms with van der Waals surface area (Å²) in [6.07, 6.45) is 4.95. The van der Waals surface area contributed by atoms with Crippen LogP contribution in [0.25, 0.3) is 0 Å². The summed E-state index contributed by atoms with van der Waals surface area (Å²) in [4.78, 5) is 17.8. The van der Waals surface area contributed by atoms with E-state index in [2.05, 4.69) is 16.9 Å². The molecular formula is C10H16N2O2. The number of carbonyl (C=O) groups excluding carboxylic acids is 1. The number of aromatic nitrogens is 2. The van der Waals surface area contributed by atoms with Gasteiger partial charge >= 0.3 is 5.97 Å². The maximum Gasteiger partial charge on any atom is 0.303 e. The molecule has 4 heteroatoms. The summed E-state index contributed by atoms with van der Waals surface area (Å²) >= 11 is 0. The number of rotatable bonds is 5. The predicted molar refractivity (Wildman–Crippen MR) is 52.7 cm³/mol. The Kier molecular flexibility index (Phi) is 4.16. The number of carbonyl (C=O) groups is 1. The van der Waals surface area contributed by atoms with Gasteiger partial charge in [0.15, 0.2) is 0 Å². The molecule has 0 aromatic carbocycles. The first-order valence-corrected chi connectivity index (χ1v) is 4.88. The second kappa shape index (κ2) is 5.42. The van der Waals surface area contributed by atoms with Crippen LogP contribution < -0.4 is 0 Å². The smallest absolute Gasteiger partial charge is 0.303 e. The van der Waals surface area contributed by atoms with Gasteiger partial charge in [-0.15, -0.1) is 0 Å². The summed E-state index contributed by atoms with van der Waals surface area (Å²) in [7, 11) is 0. The van der Waals surface area contributed by atoms with Crippen LogP contribution in [0.15, 0.2) is 6.20 Å². The van der Waals surface area contributed by atoms with E-state index in [1.807, 2.05) is 0 Å². The fourth-order valence-corrected chi connectivity index (χ4v) is 1.13.